The predicted octanol–water partition coefficient (Wildman–Crippen LogP) is 3.09. The molecule has 0 aromatic rings. The molecular formula is C9H12F4O2. The van der Waals surface area contributed by atoms with Gasteiger partial charge in [0.25, 0.3) is 0 Å². The third kappa shape index (κ3) is 3.53. The summed E-state index contributed by atoms with van der Waals surface area (Å²) in [6.45, 7) is 1.80. The van der Waals surface area contributed by atoms with Crippen LogP contribution in [-0.2, 0) is 4.79 Å². The van der Waals surface area contributed by atoms with Crippen molar-refractivity contribution >= 4 is 5.97 Å². The van der Waals surface area contributed by atoms with Crippen molar-refractivity contribution in [2.45, 2.75) is 38.0 Å². The summed E-state index contributed by atoms with van der Waals surface area (Å²) in [4.78, 5) is 10.2. The van der Waals surface area contributed by atoms with Crippen LogP contribution in [-0.4, -0.2) is 22.9 Å². The fourth-order valence-electron chi connectivity index (χ4n) is 0.855. The summed E-state index contributed by atoms with van der Waals surface area (Å²) in [5.41, 5.74) is -4.18. The molecule has 0 bridgehead atoms. The number of hydrogen-bond donors (Lipinski definition) is 1. The zero-order valence-electron chi connectivity index (χ0n) is 8.14. The van der Waals surface area contributed by atoms with Crippen molar-refractivity contribution in [1.82, 2.24) is 0 Å². The largest absolute Gasteiger partial charge is 0.479 e. The van der Waals surface area contributed by atoms with Crippen LogP contribution in [0.3, 0.4) is 0 Å². The van der Waals surface area contributed by atoms with E-state index >= 15 is 0 Å². The minimum Gasteiger partial charge on any atom is -0.479 e. The Kier molecular flexibility index (Phi) is 4.77. The molecule has 0 radical (unpaired) electrons. The molecule has 0 rings (SSSR count). The zero-order valence-corrected chi connectivity index (χ0v) is 8.14. The lowest BCUT2D eigenvalue weighted by Gasteiger charge is -2.21. The van der Waals surface area contributed by atoms with Crippen LogP contribution < -0.4 is 0 Å². The van der Waals surface area contributed by atoms with E-state index in [1.807, 2.05) is 0 Å². The van der Waals surface area contributed by atoms with Crippen LogP contribution in [0.2, 0.25) is 0 Å². The molecule has 0 spiro atoms. The van der Waals surface area contributed by atoms with Crippen molar-refractivity contribution in [3.63, 3.8) is 0 Å². The average molecular weight is 228 g/mol. The van der Waals surface area contributed by atoms with Gasteiger partial charge in [-0.15, -0.1) is 0 Å². The maximum absolute atomic E-state index is 13.1. The second-order valence-corrected chi connectivity index (χ2v) is 3.07. The number of halogens is 4. The van der Waals surface area contributed by atoms with Crippen LogP contribution in [0.25, 0.3) is 0 Å². The van der Waals surface area contributed by atoms with Crippen molar-refractivity contribution in [2.24, 2.45) is 0 Å². The molecule has 0 aliphatic carbocycles. The highest BCUT2D eigenvalue weighted by Gasteiger charge is 2.61. The highest BCUT2D eigenvalue weighted by atomic mass is 19.4. The Morgan fingerprint density at radius 1 is 1.27 bits per heavy atom. The van der Waals surface area contributed by atoms with Crippen LogP contribution in [0.15, 0.2) is 12.2 Å². The monoisotopic (exact) mass is 228 g/mol. The van der Waals surface area contributed by atoms with Crippen molar-refractivity contribution in [3.8, 4) is 0 Å². The fourth-order valence-corrected chi connectivity index (χ4v) is 0.855. The molecule has 15 heavy (non-hydrogen) atoms. The van der Waals surface area contributed by atoms with E-state index in [1.54, 1.807) is 6.92 Å². The van der Waals surface area contributed by atoms with E-state index in [0.717, 1.165) is 6.08 Å². The van der Waals surface area contributed by atoms with Gasteiger partial charge in [-0.1, -0.05) is 25.5 Å². The summed E-state index contributed by atoms with van der Waals surface area (Å²) in [5, 5.41) is 8.20. The van der Waals surface area contributed by atoms with Crippen LogP contribution in [0, 0.1) is 0 Å². The number of carboxylic acids is 1. The lowest BCUT2D eigenvalue weighted by atomic mass is 10.0. The van der Waals surface area contributed by atoms with Crippen molar-refractivity contribution in [2.75, 3.05) is 0 Å². The van der Waals surface area contributed by atoms with Crippen LogP contribution in [0.5, 0.6) is 0 Å². The number of allylic oxidation sites excluding steroid dienone is 2. The number of carboxylic acid groups (broad SMARTS) is 1. The first-order valence-corrected chi connectivity index (χ1v) is 4.39. The predicted molar refractivity (Wildman–Crippen MR) is 46.2 cm³/mol. The fraction of sp³-hybridized carbons (Fsp3) is 0.667. The Bertz CT molecular complexity index is 247. The van der Waals surface area contributed by atoms with E-state index in [4.69, 9.17) is 5.11 Å². The SMILES string of the molecule is CCCC=CCC(F)(C(=O)O)C(F)(F)F. The van der Waals surface area contributed by atoms with Gasteiger partial charge >= 0.3 is 17.8 Å². The van der Waals surface area contributed by atoms with Gasteiger partial charge in [0.1, 0.15) is 0 Å². The van der Waals surface area contributed by atoms with Crippen molar-refractivity contribution in [3.05, 3.63) is 12.2 Å². The van der Waals surface area contributed by atoms with Crippen LogP contribution in [0.1, 0.15) is 26.2 Å². The van der Waals surface area contributed by atoms with Gasteiger partial charge in [0.05, 0.1) is 0 Å². The Balaban J connectivity index is 4.62. The molecule has 1 unspecified atom stereocenters. The summed E-state index contributed by atoms with van der Waals surface area (Å²) >= 11 is 0. The van der Waals surface area contributed by atoms with Gasteiger partial charge in [0, 0.05) is 6.42 Å². The van der Waals surface area contributed by atoms with Gasteiger partial charge in [-0.05, 0) is 6.42 Å². The summed E-state index contributed by atoms with van der Waals surface area (Å²) in [6.07, 6.45) is -3.14. The molecule has 2 nitrogen and oxygen atoms in total. The lowest BCUT2D eigenvalue weighted by molar-refractivity contribution is -0.235. The average Bonchev–Trinajstić information content (AvgIpc) is 2.09. The molecule has 0 aromatic heterocycles. The smallest absolute Gasteiger partial charge is 0.433 e. The second-order valence-electron chi connectivity index (χ2n) is 3.07. The van der Waals surface area contributed by atoms with Gasteiger partial charge in [0.2, 0.25) is 0 Å². The van der Waals surface area contributed by atoms with Crippen LogP contribution >= 0.6 is 0 Å². The first-order chi connectivity index (χ1) is 6.75. The minimum atomic E-state index is -5.39. The Morgan fingerprint density at radius 3 is 2.13 bits per heavy atom. The zero-order chi connectivity index (χ0) is 12.1. The topological polar surface area (TPSA) is 37.3 Å². The number of carbonyl (C=O) groups is 1. The number of unbranched alkanes of at least 4 members (excludes halogenated alkanes) is 1. The molecule has 1 atom stereocenters. The van der Waals surface area contributed by atoms with Crippen molar-refractivity contribution in [1.29, 1.82) is 0 Å². The molecule has 6 heteroatoms. The van der Waals surface area contributed by atoms with E-state index < -0.39 is 24.2 Å². The normalized spacial score (nSPS) is 16.6. The quantitative estimate of drug-likeness (QED) is 0.580. The number of hydrogen-bond acceptors (Lipinski definition) is 1. The molecule has 0 heterocycles. The summed E-state index contributed by atoms with van der Waals surface area (Å²) in [7, 11) is 0. The van der Waals surface area contributed by atoms with E-state index in [0.29, 0.717) is 12.8 Å². The van der Waals surface area contributed by atoms with Gasteiger partial charge < -0.3 is 5.11 Å². The molecular weight excluding hydrogens is 216 g/mol. The van der Waals surface area contributed by atoms with Gasteiger partial charge in [-0.3, -0.25) is 0 Å². The molecule has 0 saturated carbocycles. The highest BCUT2D eigenvalue weighted by Crippen LogP contribution is 2.37. The van der Waals surface area contributed by atoms with E-state index in [-0.39, 0.29) is 0 Å². The van der Waals surface area contributed by atoms with Crippen LogP contribution in [0.4, 0.5) is 17.6 Å². The molecule has 0 aliphatic rings. The first kappa shape index (κ1) is 13.9. The van der Waals surface area contributed by atoms with E-state index in [2.05, 4.69) is 0 Å². The number of rotatable bonds is 5. The highest BCUT2D eigenvalue weighted by molar-refractivity contribution is 5.78. The summed E-state index contributed by atoms with van der Waals surface area (Å²) < 4.78 is 49.3. The minimum absolute atomic E-state index is 0.494. The first-order valence-electron chi connectivity index (χ1n) is 4.39. The van der Waals surface area contributed by atoms with E-state index in [9.17, 15) is 22.4 Å². The lowest BCUT2D eigenvalue weighted by Crippen LogP contribution is -2.47. The van der Waals surface area contributed by atoms with Gasteiger partial charge in [-0.25, -0.2) is 9.18 Å². The molecule has 1 N–H and O–H groups in total. The molecule has 0 aliphatic heterocycles. The Hall–Kier alpha value is -1.07. The Morgan fingerprint density at radius 2 is 1.80 bits per heavy atom. The number of alkyl halides is 4. The second kappa shape index (κ2) is 5.14. The molecule has 0 saturated heterocycles. The standard InChI is InChI=1S/C9H12F4O2/c1-2-3-4-5-6-8(10,7(14)15)9(11,12)13/h4-5H,2-3,6H2,1H3,(H,14,15). The Labute approximate surface area is 84.6 Å². The maximum Gasteiger partial charge on any atom is 0.433 e. The summed E-state index contributed by atoms with van der Waals surface area (Å²) in [6, 6.07) is 0. The third-order valence-corrected chi connectivity index (χ3v) is 1.81. The summed E-state index contributed by atoms with van der Waals surface area (Å²) in [5.74, 6) is -2.50. The maximum atomic E-state index is 13.1. The molecule has 0 amide bonds. The molecule has 0 aromatic carbocycles. The molecule has 88 valence electrons. The van der Waals surface area contributed by atoms with E-state index in [1.165, 1.54) is 6.08 Å². The number of aliphatic carboxylic acids is 1. The molecule has 0 fully saturated rings. The van der Waals surface area contributed by atoms with Crippen molar-refractivity contribution < 1.29 is 27.5 Å². The van der Waals surface area contributed by atoms with Gasteiger partial charge in [0.15, 0.2) is 0 Å². The third-order valence-electron chi connectivity index (χ3n) is 1.81. The van der Waals surface area contributed by atoms with Gasteiger partial charge in [-0.2, -0.15) is 13.2 Å².